The van der Waals surface area contributed by atoms with E-state index < -0.39 is 0 Å². The molecule has 1 aromatic rings. The van der Waals surface area contributed by atoms with Crippen LogP contribution < -0.4 is 0 Å². The molecule has 84 valence electrons. The van der Waals surface area contributed by atoms with Crippen LogP contribution in [0.5, 0.6) is 0 Å². The fraction of sp³-hybridized carbons (Fsp3) is 0.750. The average Bonchev–Trinajstić information content (AvgIpc) is 2.74. The van der Waals surface area contributed by atoms with Crippen LogP contribution in [-0.2, 0) is 6.54 Å². The first-order valence-electron chi connectivity index (χ1n) is 6.09. The Bertz CT molecular complexity index is 260. The van der Waals surface area contributed by atoms with Gasteiger partial charge < -0.3 is 4.98 Å². The summed E-state index contributed by atoms with van der Waals surface area (Å²) in [5.74, 6) is 2.08. The third-order valence-electron chi connectivity index (χ3n) is 3.33. The molecule has 2 rings (SSSR count). The first-order valence-corrected chi connectivity index (χ1v) is 6.09. The Morgan fingerprint density at radius 3 is 2.87 bits per heavy atom. The number of imidazole rings is 1. The predicted molar refractivity (Wildman–Crippen MR) is 61.5 cm³/mol. The molecule has 1 fully saturated rings. The number of piperidine rings is 1. The number of hydrogen-bond donors (Lipinski definition) is 1. The number of nitrogens with zero attached hydrogens (tertiary/aromatic N) is 2. The Hall–Kier alpha value is -0.830. The van der Waals surface area contributed by atoms with Gasteiger partial charge in [0.1, 0.15) is 5.82 Å². The van der Waals surface area contributed by atoms with Crippen LogP contribution in [0.2, 0.25) is 0 Å². The van der Waals surface area contributed by atoms with Crippen LogP contribution in [0, 0.1) is 5.92 Å². The van der Waals surface area contributed by atoms with Gasteiger partial charge in [0.2, 0.25) is 0 Å². The molecule has 1 saturated heterocycles. The first kappa shape index (κ1) is 10.7. The van der Waals surface area contributed by atoms with Crippen LogP contribution in [0.3, 0.4) is 0 Å². The smallest absolute Gasteiger partial charge is 0.120 e. The lowest BCUT2D eigenvalue weighted by Gasteiger charge is -2.31. The Morgan fingerprint density at radius 2 is 2.27 bits per heavy atom. The van der Waals surface area contributed by atoms with Crippen molar-refractivity contribution in [1.82, 2.24) is 14.9 Å². The summed E-state index contributed by atoms with van der Waals surface area (Å²) in [6.07, 6.45) is 9.22. The van der Waals surface area contributed by atoms with Crippen LogP contribution in [-0.4, -0.2) is 28.0 Å². The summed E-state index contributed by atoms with van der Waals surface area (Å²) < 4.78 is 0. The van der Waals surface area contributed by atoms with Crippen molar-refractivity contribution in [2.75, 3.05) is 13.1 Å². The van der Waals surface area contributed by atoms with Crippen molar-refractivity contribution in [3.63, 3.8) is 0 Å². The molecule has 0 unspecified atom stereocenters. The minimum atomic E-state index is 0.975. The number of hydrogen-bond acceptors (Lipinski definition) is 2. The lowest BCUT2D eigenvalue weighted by atomic mass is 9.92. The van der Waals surface area contributed by atoms with Gasteiger partial charge in [0.25, 0.3) is 0 Å². The lowest BCUT2D eigenvalue weighted by molar-refractivity contribution is 0.169. The molecule has 0 saturated carbocycles. The summed E-state index contributed by atoms with van der Waals surface area (Å²) >= 11 is 0. The number of nitrogens with one attached hydrogen (secondary N) is 1. The quantitative estimate of drug-likeness (QED) is 0.822. The van der Waals surface area contributed by atoms with E-state index in [1.807, 2.05) is 12.4 Å². The van der Waals surface area contributed by atoms with Crippen molar-refractivity contribution in [1.29, 1.82) is 0 Å². The van der Waals surface area contributed by atoms with E-state index in [1.165, 1.54) is 38.8 Å². The standard InChI is InChI=1S/C12H21N3/c1-2-3-11-4-8-15(9-5-11)10-12-13-6-7-14-12/h6-7,11H,2-5,8-10H2,1H3,(H,13,14). The van der Waals surface area contributed by atoms with Gasteiger partial charge in [0, 0.05) is 12.4 Å². The van der Waals surface area contributed by atoms with Gasteiger partial charge in [-0.25, -0.2) is 4.98 Å². The molecule has 0 atom stereocenters. The Balaban J connectivity index is 1.74. The second kappa shape index (κ2) is 5.31. The molecule has 3 nitrogen and oxygen atoms in total. The maximum atomic E-state index is 4.27. The Labute approximate surface area is 91.9 Å². The molecule has 1 aromatic heterocycles. The van der Waals surface area contributed by atoms with Crippen molar-refractivity contribution < 1.29 is 0 Å². The SMILES string of the molecule is CCCC1CCN(Cc2ncc[nH]2)CC1. The second-order valence-corrected chi connectivity index (χ2v) is 4.54. The van der Waals surface area contributed by atoms with Gasteiger partial charge in [0.15, 0.2) is 0 Å². The summed E-state index contributed by atoms with van der Waals surface area (Å²) in [6, 6.07) is 0. The summed E-state index contributed by atoms with van der Waals surface area (Å²) in [7, 11) is 0. The van der Waals surface area contributed by atoms with Crippen molar-refractivity contribution in [2.45, 2.75) is 39.2 Å². The van der Waals surface area contributed by atoms with E-state index in [0.717, 1.165) is 18.3 Å². The highest BCUT2D eigenvalue weighted by atomic mass is 15.1. The topological polar surface area (TPSA) is 31.9 Å². The van der Waals surface area contributed by atoms with Gasteiger partial charge >= 0.3 is 0 Å². The van der Waals surface area contributed by atoms with E-state index in [4.69, 9.17) is 0 Å². The largest absolute Gasteiger partial charge is 0.348 e. The number of H-pyrrole nitrogens is 1. The van der Waals surface area contributed by atoms with Crippen LogP contribution in [0.4, 0.5) is 0 Å². The summed E-state index contributed by atoms with van der Waals surface area (Å²) in [4.78, 5) is 9.94. The minimum absolute atomic E-state index is 0.975. The van der Waals surface area contributed by atoms with E-state index in [2.05, 4.69) is 21.8 Å². The second-order valence-electron chi connectivity index (χ2n) is 4.54. The summed E-state index contributed by atoms with van der Waals surface area (Å²) in [5, 5.41) is 0. The first-order chi connectivity index (χ1) is 7.38. The van der Waals surface area contributed by atoms with Gasteiger partial charge in [-0.15, -0.1) is 0 Å². The minimum Gasteiger partial charge on any atom is -0.348 e. The van der Waals surface area contributed by atoms with E-state index >= 15 is 0 Å². The molecule has 0 spiro atoms. The van der Waals surface area contributed by atoms with E-state index in [1.54, 1.807) is 0 Å². The van der Waals surface area contributed by atoms with Crippen molar-refractivity contribution in [2.24, 2.45) is 5.92 Å². The highest BCUT2D eigenvalue weighted by Crippen LogP contribution is 2.22. The van der Waals surface area contributed by atoms with E-state index in [9.17, 15) is 0 Å². The van der Waals surface area contributed by atoms with Gasteiger partial charge in [-0.3, -0.25) is 4.90 Å². The maximum absolute atomic E-state index is 4.27. The summed E-state index contributed by atoms with van der Waals surface area (Å²) in [6.45, 7) is 5.76. The lowest BCUT2D eigenvalue weighted by Crippen LogP contribution is -2.33. The molecule has 1 aliphatic heterocycles. The fourth-order valence-electron chi connectivity index (χ4n) is 2.44. The highest BCUT2D eigenvalue weighted by molar-refractivity contribution is 4.87. The number of aromatic amines is 1. The Kier molecular flexibility index (Phi) is 3.78. The van der Waals surface area contributed by atoms with Gasteiger partial charge in [-0.05, 0) is 31.8 Å². The zero-order valence-electron chi connectivity index (χ0n) is 9.58. The molecular formula is C12H21N3. The van der Waals surface area contributed by atoms with E-state index in [0.29, 0.717) is 0 Å². The average molecular weight is 207 g/mol. The maximum Gasteiger partial charge on any atom is 0.120 e. The van der Waals surface area contributed by atoms with Crippen molar-refractivity contribution in [3.05, 3.63) is 18.2 Å². The molecule has 0 aromatic carbocycles. The van der Waals surface area contributed by atoms with Crippen molar-refractivity contribution >= 4 is 0 Å². The molecule has 3 heteroatoms. The normalized spacial score (nSPS) is 19.5. The van der Waals surface area contributed by atoms with E-state index in [-0.39, 0.29) is 0 Å². The third kappa shape index (κ3) is 3.06. The molecule has 0 aliphatic carbocycles. The van der Waals surface area contributed by atoms with Gasteiger partial charge in [-0.2, -0.15) is 0 Å². The Morgan fingerprint density at radius 1 is 1.47 bits per heavy atom. The zero-order valence-corrected chi connectivity index (χ0v) is 9.58. The van der Waals surface area contributed by atoms with Crippen LogP contribution in [0.1, 0.15) is 38.4 Å². The number of aromatic nitrogens is 2. The molecular weight excluding hydrogens is 186 g/mol. The zero-order chi connectivity index (χ0) is 10.5. The van der Waals surface area contributed by atoms with Crippen molar-refractivity contribution in [3.8, 4) is 0 Å². The predicted octanol–water partition coefficient (Wildman–Crippen LogP) is 2.42. The van der Waals surface area contributed by atoms with Gasteiger partial charge in [-0.1, -0.05) is 19.8 Å². The molecule has 0 amide bonds. The molecule has 0 bridgehead atoms. The van der Waals surface area contributed by atoms with Crippen LogP contribution >= 0.6 is 0 Å². The van der Waals surface area contributed by atoms with Gasteiger partial charge in [0.05, 0.1) is 6.54 Å². The molecule has 2 heterocycles. The van der Waals surface area contributed by atoms with Crippen LogP contribution in [0.15, 0.2) is 12.4 Å². The fourth-order valence-corrected chi connectivity index (χ4v) is 2.44. The molecule has 1 aliphatic rings. The molecule has 1 N–H and O–H groups in total. The summed E-state index contributed by atoms with van der Waals surface area (Å²) in [5.41, 5.74) is 0. The monoisotopic (exact) mass is 207 g/mol. The number of rotatable bonds is 4. The third-order valence-corrected chi connectivity index (χ3v) is 3.33. The highest BCUT2D eigenvalue weighted by Gasteiger charge is 2.18. The van der Waals surface area contributed by atoms with Crippen LogP contribution in [0.25, 0.3) is 0 Å². The number of likely N-dealkylation sites (tertiary alicyclic amines) is 1. The molecule has 15 heavy (non-hydrogen) atoms. The molecule has 0 radical (unpaired) electrons.